The maximum Gasteiger partial charge on any atom is 0.407 e. The molecule has 3 amide bonds. The topological polar surface area (TPSA) is 187 Å². The number of amides is 3. The number of aromatic nitrogens is 2. The van der Waals surface area contributed by atoms with Gasteiger partial charge in [-0.25, -0.2) is 9.59 Å². The van der Waals surface area contributed by atoms with E-state index in [2.05, 4.69) is 61.6 Å². The van der Waals surface area contributed by atoms with Crippen LogP contribution in [-0.2, 0) is 35.1 Å². The number of hydrogen-bond donors (Lipinski definition) is 4. The van der Waals surface area contributed by atoms with Gasteiger partial charge in [-0.2, -0.15) is 0 Å². The molecule has 1 aromatic heterocycles. The Morgan fingerprint density at radius 2 is 1.63 bits per heavy atom. The number of allylic oxidation sites excluding steroid dienone is 1. The first-order chi connectivity index (χ1) is 32.0. The molecule has 5 aliphatic rings. The fraction of sp³-hybridized carbons (Fsp3) is 0.811. The highest BCUT2D eigenvalue weighted by Crippen LogP contribution is 2.67. The van der Waals surface area contributed by atoms with Crippen LogP contribution in [0.1, 0.15) is 182 Å². The van der Waals surface area contributed by atoms with Crippen molar-refractivity contribution in [1.29, 1.82) is 0 Å². The Morgan fingerprint density at radius 1 is 0.881 bits per heavy atom. The Bertz CT molecular complexity index is 2010. The van der Waals surface area contributed by atoms with Crippen LogP contribution < -0.4 is 27.2 Å². The first-order valence-corrected chi connectivity index (χ1v) is 26.3. The van der Waals surface area contributed by atoms with Crippen LogP contribution in [-0.4, -0.2) is 71.9 Å². The first kappa shape index (κ1) is 52.4. The van der Waals surface area contributed by atoms with E-state index < -0.39 is 29.4 Å². The van der Waals surface area contributed by atoms with E-state index >= 15 is 0 Å². The van der Waals surface area contributed by atoms with Gasteiger partial charge in [0.15, 0.2) is 0 Å². The minimum atomic E-state index is -0.919. The number of hydrogen-bond acceptors (Lipinski definition) is 9. The van der Waals surface area contributed by atoms with E-state index in [1.807, 2.05) is 13.8 Å². The lowest BCUT2D eigenvalue weighted by molar-refractivity contribution is -0.154. The quantitative estimate of drug-likeness (QED) is 0.0502. The highest BCUT2D eigenvalue weighted by molar-refractivity contribution is 5.81. The zero-order chi connectivity index (χ0) is 48.5. The molecule has 14 nitrogen and oxygen atoms in total. The number of H-pyrrole nitrogens is 1. The lowest BCUT2D eigenvalue weighted by atomic mass is 9.47. The summed E-state index contributed by atoms with van der Waals surface area (Å²) in [7, 11) is 1.49. The highest BCUT2D eigenvalue weighted by atomic mass is 16.6. The largest absolute Gasteiger partial charge is 0.459 e. The van der Waals surface area contributed by atoms with Crippen molar-refractivity contribution in [2.24, 2.45) is 52.3 Å². The predicted octanol–water partition coefficient (Wildman–Crippen LogP) is 8.66. The fourth-order valence-corrected chi connectivity index (χ4v) is 13.5. The number of carbonyl (C=O) groups excluding carboxylic acids is 4. The Morgan fingerprint density at radius 3 is 2.34 bits per heavy atom. The molecule has 0 aromatic carbocycles. The second kappa shape index (κ2) is 23.6. The van der Waals surface area contributed by atoms with Crippen molar-refractivity contribution in [1.82, 2.24) is 25.5 Å². The number of unbranched alkanes of at least 4 members (excludes halogenated alkanes) is 3. The number of aromatic amines is 1. The van der Waals surface area contributed by atoms with Gasteiger partial charge in [0, 0.05) is 58.1 Å². The molecule has 0 bridgehead atoms. The zero-order valence-electron chi connectivity index (χ0n) is 42.2. The van der Waals surface area contributed by atoms with Gasteiger partial charge in [0.2, 0.25) is 11.8 Å². The van der Waals surface area contributed by atoms with Crippen LogP contribution in [0, 0.1) is 52.3 Å². The average molecular weight is 936 g/mol. The number of aryl methyl sites for hydroxylation is 1. The number of nitrogens with zero attached hydrogens (tertiary/aromatic N) is 1. The van der Waals surface area contributed by atoms with E-state index in [0.717, 1.165) is 80.5 Å². The molecule has 3 saturated carbocycles. The van der Waals surface area contributed by atoms with E-state index in [-0.39, 0.29) is 72.8 Å². The number of carbonyl (C=O) groups is 4. The SMILES string of the molecule is CC[C@H]1O[C@@H](c2cn(CCC(=O)NCCCCCCNC(=O)O[C@H]3CC[C@@]4(C)C(=CCC5C4CC[C@@]4(C)C5CC[C@@H]4[C@H](C)CCCC(C)C)C3)c(=O)[nH]c2=O)[C@@H](OC(=O)CCC(=O)NC)C1C. The van der Waals surface area contributed by atoms with E-state index in [4.69, 9.17) is 14.2 Å². The molecule has 12 atom stereocenters. The van der Waals surface area contributed by atoms with Gasteiger partial charge in [-0.05, 0) is 111 Å². The van der Waals surface area contributed by atoms with Crippen LogP contribution in [0.4, 0.5) is 4.79 Å². The molecular weight excluding hydrogens is 851 g/mol. The van der Waals surface area contributed by atoms with Crippen molar-refractivity contribution < 1.29 is 33.4 Å². The molecule has 1 aromatic rings. The Balaban J connectivity index is 0.864. The summed E-state index contributed by atoms with van der Waals surface area (Å²) in [6, 6.07) is 0. The molecule has 4 N–H and O–H groups in total. The normalized spacial score (nSPS) is 31.5. The molecule has 2 heterocycles. The van der Waals surface area contributed by atoms with Gasteiger partial charge in [-0.3, -0.25) is 28.7 Å². The second-order valence-electron chi connectivity index (χ2n) is 22.0. The van der Waals surface area contributed by atoms with Crippen molar-refractivity contribution in [3.05, 3.63) is 44.2 Å². The minimum absolute atomic E-state index is 0.0199. The average Bonchev–Trinajstić information content (AvgIpc) is 3.81. The van der Waals surface area contributed by atoms with E-state index in [9.17, 15) is 28.8 Å². The van der Waals surface area contributed by atoms with E-state index in [1.54, 1.807) is 0 Å². The molecule has 6 rings (SSSR count). The standard InChI is InChI=1S/C53H85N5O9/c1-9-43-35(5)47(67-46(61)22-21-44(59)54-8)48(66-43)39-32-58(50(63)57-49(39)62)30-25-45(60)55-28-12-10-11-13-29-56-51(64)65-37-23-26-52(6)36(31-37)17-18-38-41-20-19-40(34(4)16-14-15-33(2)3)53(41,7)27-24-42(38)52/h17,32-35,37-38,40-43,47-48H,9-16,18-31H2,1-8H3,(H,54,59)(H,55,60)(H,56,64)(H,57,62,63)/t34-,35?,37+,38?,40-,41?,42?,43-,47+,48+,52+,53-/m1/s1. The molecule has 0 radical (unpaired) electrons. The number of fused-ring (bicyclic) bond motifs is 5. The monoisotopic (exact) mass is 936 g/mol. The van der Waals surface area contributed by atoms with Gasteiger partial charge in [0.1, 0.15) is 18.3 Å². The number of ether oxygens (including phenoxy) is 3. The molecule has 1 aliphatic heterocycles. The third-order valence-corrected chi connectivity index (χ3v) is 17.4. The second-order valence-corrected chi connectivity index (χ2v) is 22.0. The van der Waals surface area contributed by atoms with Gasteiger partial charge in [0.25, 0.3) is 5.56 Å². The summed E-state index contributed by atoms with van der Waals surface area (Å²) in [5, 5.41) is 8.36. The summed E-state index contributed by atoms with van der Waals surface area (Å²) in [6.45, 7) is 17.3. The van der Waals surface area contributed by atoms with Crippen LogP contribution in [0.15, 0.2) is 27.4 Å². The van der Waals surface area contributed by atoms with Crippen molar-refractivity contribution >= 4 is 23.9 Å². The van der Waals surface area contributed by atoms with Crippen LogP contribution in [0.3, 0.4) is 0 Å². The van der Waals surface area contributed by atoms with Gasteiger partial charge >= 0.3 is 17.8 Å². The molecule has 0 spiro atoms. The summed E-state index contributed by atoms with van der Waals surface area (Å²) >= 11 is 0. The van der Waals surface area contributed by atoms with Crippen LogP contribution >= 0.6 is 0 Å². The Kier molecular flexibility index (Phi) is 18.5. The van der Waals surface area contributed by atoms with E-state index in [0.29, 0.717) is 24.9 Å². The molecular formula is C53H85N5O9. The van der Waals surface area contributed by atoms with Crippen LogP contribution in [0.5, 0.6) is 0 Å². The van der Waals surface area contributed by atoms with E-state index in [1.165, 1.54) is 74.8 Å². The molecule has 376 valence electrons. The molecule has 14 heteroatoms. The highest BCUT2D eigenvalue weighted by Gasteiger charge is 2.59. The Hall–Kier alpha value is -3.94. The third-order valence-electron chi connectivity index (χ3n) is 17.4. The van der Waals surface area contributed by atoms with Crippen molar-refractivity contribution in [3.63, 3.8) is 0 Å². The van der Waals surface area contributed by atoms with Crippen LogP contribution in [0.25, 0.3) is 0 Å². The van der Waals surface area contributed by atoms with Crippen molar-refractivity contribution in [3.8, 4) is 0 Å². The minimum Gasteiger partial charge on any atom is -0.459 e. The zero-order valence-corrected chi connectivity index (χ0v) is 42.2. The predicted molar refractivity (Wildman–Crippen MR) is 259 cm³/mol. The maximum atomic E-state index is 13.0. The van der Waals surface area contributed by atoms with Crippen molar-refractivity contribution in [2.45, 2.75) is 201 Å². The summed E-state index contributed by atoms with van der Waals surface area (Å²) < 4.78 is 19.2. The molecule has 4 fully saturated rings. The van der Waals surface area contributed by atoms with Gasteiger partial charge < -0.3 is 30.2 Å². The summed E-state index contributed by atoms with van der Waals surface area (Å²) in [5.74, 6) is 3.51. The summed E-state index contributed by atoms with van der Waals surface area (Å²) in [4.78, 5) is 78.0. The van der Waals surface area contributed by atoms with Gasteiger partial charge in [-0.15, -0.1) is 0 Å². The van der Waals surface area contributed by atoms with Crippen LogP contribution in [0.2, 0.25) is 0 Å². The third kappa shape index (κ3) is 12.6. The lowest BCUT2D eigenvalue weighted by Crippen LogP contribution is -2.51. The number of esters is 1. The summed E-state index contributed by atoms with van der Waals surface area (Å²) in [5.41, 5.74) is 1.07. The molecule has 4 unspecified atom stereocenters. The molecule has 4 aliphatic carbocycles. The number of alkyl carbamates (subject to hydrolysis) is 1. The maximum absolute atomic E-state index is 13.0. The molecule has 67 heavy (non-hydrogen) atoms. The first-order valence-electron chi connectivity index (χ1n) is 26.3. The number of rotatable bonds is 22. The lowest BCUT2D eigenvalue weighted by Gasteiger charge is -2.58. The van der Waals surface area contributed by atoms with Gasteiger partial charge in [-0.1, -0.05) is 92.2 Å². The van der Waals surface area contributed by atoms with Gasteiger partial charge in [0.05, 0.1) is 18.1 Å². The fourth-order valence-electron chi connectivity index (χ4n) is 13.5. The van der Waals surface area contributed by atoms with Crippen molar-refractivity contribution in [2.75, 3.05) is 20.1 Å². The summed E-state index contributed by atoms with van der Waals surface area (Å²) in [6.07, 6.45) is 19.1. The smallest absolute Gasteiger partial charge is 0.407 e. The molecule has 1 saturated heterocycles. The number of nitrogens with one attached hydrogen (secondary N) is 4. The Labute approximate surface area is 399 Å².